The lowest BCUT2D eigenvalue weighted by molar-refractivity contribution is 0.416. The lowest BCUT2D eigenvalue weighted by atomic mass is 9.99. The zero-order chi connectivity index (χ0) is 20.1. The van der Waals surface area contributed by atoms with E-state index in [9.17, 15) is 0 Å². The van der Waals surface area contributed by atoms with Crippen LogP contribution in [-0.2, 0) is 6.54 Å². The number of halogens is 1. The number of hydrogen-bond acceptors (Lipinski definition) is 4. The molecule has 0 radical (unpaired) electrons. The molecule has 29 heavy (non-hydrogen) atoms. The number of aromatic nitrogens is 1. The van der Waals surface area contributed by atoms with Crippen molar-refractivity contribution in [1.29, 1.82) is 0 Å². The summed E-state index contributed by atoms with van der Waals surface area (Å²) in [6.07, 6.45) is 0. The molecule has 0 bridgehead atoms. The van der Waals surface area contributed by atoms with Crippen LogP contribution in [0.1, 0.15) is 22.9 Å². The average Bonchev–Trinajstić information content (AvgIpc) is 3.24. The van der Waals surface area contributed by atoms with E-state index >= 15 is 0 Å². The first-order valence-electron chi connectivity index (χ1n) is 9.36. The molecule has 0 saturated heterocycles. The third-order valence-electron chi connectivity index (χ3n) is 4.70. The molecule has 0 fully saturated rings. The van der Waals surface area contributed by atoms with E-state index in [1.165, 1.54) is 11.1 Å². The summed E-state index contributed by atoms with van der Waals surface area (Å²) < 4.78 is 6.52. The second kappa shape index (κ2) is 9.35. The molecule has 0 spiro atoms. The number of nitrogens with one attached hydrogen (secondary N) is 1. The van der Waals surface area contributed by atoms with Crippen LogP contribution in [0.2, 0.25) is 0 Å². The van der Waals surface area contributed by atoms with E-state index in [2.05, 4.69) is 75.2 Å². The van der Waals surface area contributed by atoms with Crippen LogP contribution >= 0.6 is 27.3 Å². The predicted molar refractivity (Wildman–Crippen MR) is 123 cm³/mol. The van der Waals surface area contributed by atoms with E-state index < -0.39 is 0 Å². The molecule has 3 aromatic carbocycles. The van der Waals surface area contributed by atoms with Crippen molar-refractivity contribution in [2.24, 2.45) is 0 Å². The first kappa shape index (κ1) is 19.8. The topological polar surface area (TPSA) is 34.1 Å². The van der Waals surface area contributed by atoms with E-state index in [4.69, 9.17) is 9.72 Å². The Balaban J connectivity index is 1.56. The van der Waals surface area contributed by atoms with Gasteiger partial charge in [0.2, 0.25) is 0 Å². The Kier molecular flexibility index (Phi) is 6.39. The van der Waals surface area contributed by atoms with Gasteiger partial charge in [-0.15, -0.1) is 11.3 Å². The summed E-state index contributed by atoms with van der Waals surface area (Å²) in [6, 6.07) is 27.1. The lowest BCUT2D eigenvalue weighted by Crippen LogP contribution is -2.22. The third-order valence-corrected chi connectivity index (χ3v) is 6.11. The zero-order valence-corrected chi connectivity index (χ0v) is 18.4. The number of nitrogens with zero attached hydrogens (tertiary/aromatic N) is 1. The fourth-order valence-electron chi connectivity index (χ4n) is 3.28. The van der Waals surface area contributed by atoms with Crippen LogP contribution in [0, 0.1) is 0 Å². The summed E-state index contributed by atoms with van der Waals surface area (Å²) in [5.41, 5.74) is 4.50. The number of rotatable bonds is 7. The standard InChI is InChI=1S/C24H21BrN2OS/c1-28-22-13-12-19(25)14-21(22)24-27-20(16-29-24)15-26-23(17-8-4-2-5-9-17)18-10-6-3-7-11-18/h2-14,16,23,26H,15H2,1H3. The van der Waals surface area contributed by atoms with E-state index in [1.807, 2.05) is 30.3 Å². The van der Waals surface area contributed by atoms with Gasteiger partial charge in [0, 0.05) is 16.4 Å². The van der Waals surface area contributed by atoms with Gasteiger partial charge in [-0.2, -0.15) is 0 Å². The Morgan fingerprint density at radius 1 is 0.966 bits per heavy atom. The van der Waals surface area contributed by atoms with Gasteiger partial charge in [-0.3, -0.25) is 0 Å². The summed E-state index contributed by atoms with van der Waals surface area (Å²) >= 11 is 5.17. The van der Waals surface area contributed by atoms with Gasteiger partial charge >= 0.3 is 0 Å². The van der Waals surface area contributed by atoms with Gasteiger partial charge in [0.05, 0.1) is 24.4 Å². The van der Waals surface area contributed by atoms with Crippen molar-refractivity contribution in [1.82, 2.24) is 10.3 Å². The highest BCUT2D eigenvalue weighted by atomic mass is 79.9. The van der Waals surface area contributed by atoms with Gasteiger partial charge in [-0.05, 0) is 29.3 Å². The fraction of sp³-hybridized carbons (Fsp3) is 0.125. The van der Waals surface area contributed by atoms with Crippen molar-refractivity contribution >= 4 is 27.3 Å². The van der Waals surface area contributed by atoms with E-state index in [0.29, 0.717) is 6.54 Å². The third kappa shape index (κ3) is 4.75. The first-order valence-corrected chi connectivity index (χ1v) is 11.0. The molecule has 4 aromatic rings. The molecule has 0 aliphatic rings. The molecule has 4 rings (SSSR count). The predicted octanol–water partition coefficient (Wildman–Crippen LogP) is 6.46. The summed E-state index contributed by atoms with van der Waals surface area (Å²) in [4.78, 5) is 4.84. The van der Waals surface area contributed by atoms with Crippen LogP contribution in [0.5, 0.6) is 5.75 Å². The molecule has 3 nitrogen and oxygen atoms in total. The van der Waals surface area contributed by atoms with Gasteiger partial charge in [0.25, 0.3) is 0 Å². The second-order valence-electron chi connectivity index (χ2n) is 6.62. The molecule has 1 N–H and O–H groups in total. The molecule has 1 aromatic heterocycles. The molecule has 0 unspecified atom stereocenters. The Bertz CT molecular complexity index is 1030. The molecule has 0 aliphatic heterocycles. The smallest absolute Gasteiger partial charge is 0.129 e. The van der Waals surface area contributed by atoms with Crippen LogP contribution < -0.4 is 10.1 Å². The summed E-state index contributed by atoms with van der Waals surface area (Å²) in [5.74, 6) is 0.827. The van der Waals surface area contributed by atoms with Crippen molar-refractivity contribution in [2.45, 2.75) is 12.6 Å². The maximum absolute atomic E-state index is 5.51. The highest BCUT2D eigenvalue weighted by Gasteiger charge is 2.15. The summed E-state index contributed by atoms with van der Waals surface area (Å²) in [6.45, 7) is 0.682. The second-order valence-corrected chi connectivity index (χ2v) is 8.40. The van der Waals surface area contributed by atoms with Gasteiger partial charge in [-0.1, -0.05) is 76.6 Å². The van der Waals surface area contributed by atoms with Gasteiger partial charge in [-0.25, -0.2) is 4.98 Å². The fourth-order valence-corrected chi connectivity index (χ4v) is 4.49. The van der Waals surface area contributed by atoms with Crippen LogP contribution in [0.4, 0.5) is 0 Å². The highest BCUT2D eigenvalue weighted by molar-refractivity contribution is 9.10. The minimum atomic E-state index is 0.114. The first-order chi connectivity index (χ1) is 14.2. The molecular formula is C24H21BrN2OS. The van der Waals surface area contributed by atoms with Gasteiger partial charge in [0.15, 0.2) is 0 Å². The van der Waals surface area contributed by atoms with Crippen molar-refractivity contribution < 1.29 is 4.74 Å². The number of ether oxygens (including phenoxy) is 1. The number of methoxy groups -OCH3 is 1. The maximum Gasteiger partial charge on any atom is 0.129 e. The number of hydrogen-bond donors (Lipinski definition) is 1. The monoisotopic (exact) mass is 464 g/mol. The largest absolute Gasteiger partial charge is 0.496 e. The SMILES string of the molecule is COc1ccc(Br)cc1-c1nc(CNC(c2ccccc2)c2ccccc2)cs1. The van der Waals surface area contributed by atoms with Crippen molar-refractivity contribution in [3.63, 3.8) is 0 Å². The Morgan fingerprint density at radius 2 is 1.62 bits per heavy atom. The normalized spacial score (nSPS) is 11.0. The quantitative estimate of drug-likeness (QED) is 0.340. The Hall–Kier alpha value is -2.47. The molecule has 5 heteroatoms. The molecule has 0 saturated carbocycles. The molecule has 0 amide bonds. The molecule has 1 heterocycles. The van der Waals surface area contributed by atoms with Gasteiger partial charge < -0.3 is 10.1 Å². The van der Waals surface area contributed by atoms with E-state index in [-0.39, 0.29) is 6.04 Å². The highest BCUT2D eigenvalue weighted by Crippen LogP contribution is 2.34. The lowest BCUT2D eigenvalue weighted by Gasteiger charge is -2.19. The maximum atomic E-state index is 5.51. The summed E-state index contributed by atoms with van der Waals surface area (Å²) in [5, 5.41) is 6.74. The van der Waals surface area contributed by atoms with Crippen LogP contribution in [0.3, 0.4) is 0 Å². The van der Waals surface area contributed by atoms with E-state index in [0.717, 1.165) is 26.5 Å². The molecular weight excluding hydrogens is 444 g/mol. The molecule has 0 atom stereocenters. The van der Waals surface area contributed by atoms with Crippen molar-refractivity contribution in [3.05, 3.63) is 106 Å². The number of thiazole rings is 1. The number of benzene rings is 3. The summed E-state index contributed by atoms with van der Waals surface area (Å²) in [7, 11) is 1.69. The van der Waals surface area contributed by atoms with Crippen LogP contribution in [-0.4, -0.2) is 12.1 Å². The van der Waals surface area contributed by atoms with Crippen LogP contribution in [0.15, 0.2) is 88.7 Å². The molecule has 0 aliphatic carbocycles. The van der Waals surface area contributed by atoms with Gasteiger partial charge in [0.1, 0.15) is 10.8 Å². The Labute approximate surface area is 183 Å². The molecule has 146 valence electrons. The average molecular weight is 465 g/mol. The minimum absolute atomic E-state index is 0.114. The van der Waals surface area contributed by atoms with E-state index in [1.54, 1.807) is 18.4 Å². The van der Waals surface area contributed by atoms with Crippen LogP contribution in [0.25, 0.3) is 10.6 Å². The zero-order valence-electron chi connectivity index (χ0n) is 16.0. The van der Waals surface area contributed by atoms with Crippen molar-refractivity contribution in [2.75, 3.05) is 7.11 Å². The Morgan fingerprint density at radius 3 is 2.24 bits per heavy atom. The van der Waals surface area contributed by atoms with Crippen molar-refractivity contribution in [3.8, 4) is 16.3 Å². The minimum Gasteiger partial charge on any atom is -0.496 e.